The molecule has 0 atom stereocenters. The van der Waals surface area contributed by atoms with Crippen molar-refractivity contribution in [3.63, 3.8) is 0 Å². The third-order valence-electron chi connectivity index (χ3n) is 3.02. The number of amides is 3. The maximum atomic E-state index is 11.9. The summed E-state index contributed by atoms with van der Waals surface area (Å²) < 4.78 is 4.98. The molecule has 6 nitrogen and oxygen atoms in total. The van der Waals surface area contributed by atoms with Gasteiger partial charge < -0.3 is 15.4 Å². The Labute approximate surface area is 80.6 Å². The van der Waals surface area contributed by atoms with Gasteiger partial charge in [-0.2, -0.15) is 0 Å². The molecule has 0 aliphatic carbocycles. The van der Waals surface area contributed by atoms with Crippen molar-refractivity contribution in [1.82, 2.24) is 15.5 Å². The number of carbonyl (C=O) groups excluding carboxylic acids is 2. The lowest BCUT2D eigenvalue weighted by molar-refractivity contribution is -0.149. The third-order valence-corrected chi connectivity index (χ3v) is 3.02. The van der Waals surface area contributed by atoms with Crippen molar-refractivity contribution in [2.24, 2.45) is 0 Å². The summed E-state index contributed by atoms with van der Waals surface area (Å²) in [6, 6.07) is -0.243. The van der Waals surface area contributed by atoms with E-state index in [2.05, 4.69) is 10.6 Å². The Hall–Kier alpha value is -1.14. The average Bonchev–Trinajstić information content (AvgIpc) is 2.24. The first-order chi connectivity index (χ1) is 6.73. The zero-order valence-electron chi connectivity index (χ0n) is 7.58. The second-order valence-electron chi connectivity index (χ2n) is 3.99. The highest BCUT2D eigenvalue weighted by Crippen LogP contribution is 2.27. The molecule has 2 N–H and O–H groups in total. The van der Waals surface area contributed by atoms with Crippen molar-refractivity contribution in [2.45, 2.75) is 11.6 Å². The largest absolute Gasteiger partial charge is 0.375 e. The van der Waals surface area contributed by atoms with Crippen LogP contribution in [0.2, 0.25) is 0 Å². The van der Waals surface area contributed by atoms with Crippen LogP contribution in [0.3, 0.4) is 0 Å². The van der Waals surface area contributed by atoms with Crippen LogP contribution in [0, 0.1) is 0 Å². The maximum Gasteiger partial charge on any atom is 0.325 e. The quantitative estimate of drug-likeness (QED) is 0.490. The fourth-order valence-electron chi connectivity index (χ4n) is 1.93. The molecule has 0 unspecified atom stereocenters. The maximum absolute atomic E-state index is 11.9. The normalized spacial score (nSPS) is 30.1. The predicted molar refractivity (Wildman–Crippen MR) is 45.6 cm³/mol. The predicted octanol–water partition coefficient (Wildman–Crippen LogP) is -1.72. The molecule has 3 fully saturated rings. The minimum Gasteiger partial charge on any atom is -0.375 e. The van der Waals surface area contributed by atoms with Crippen molar-refractivity contribution >= 4 is 11.9 Å². The van der Waals surface area contributed by atoms with E-state index in [0.29, 0.717) is 26.3 Å². The van der Waals surface area contributed by atoms with E-state index < -0.39 is 5.54 Å². The summed E-state index contributed by atoms with van der Waals surface area (Å²) >= 11 is 0. The van der Waals surface area contributed by atoms with Gasteiger partial charge in [0.25, 0.3) is 5.91 Å². The first-order valence-corrected chi connectivity index (χ1v) is 4.67. The van der Waals surface area contributed by atoms with Crippen LogP contribution in [0.1, 0.15) is 0 Å². The van der Waals surface area contributed by atoms with Gasteiger partial charge in [0, 0.05) is 13.1 Å². The van der Waals surface area contributed by atoms with E-state index in [0.717, 1.165) is 0 Å². The molecular weight excluding hydrogens is 186 g/mol. The molecule has 0 aromatic heterocycles. The minimum atomic E-state index is -0.729. The van der Waals surface area contributed by atoms with E-state index in [9.17, 15) is 9.59 Å². The lowest BCUT2D eigenvalue weighted by Crippen LogP contribution is -2.64. The van der Waals surface area contributed by atoms with Gasteiger partial charge in [-0.05, 0) is 0 Å². The average molecular weight is 197 g/mol. The molecule has 0 aromatic rings. The Kier molecular flexibility index (Phi) is 1.44. The number of carbonyl (C=O) groups is 2. The molecule has 3 rings (SSSR count). The van der Waals surface area contributed by atoms with Gasteiger partial charge in [-0.15, -0.1) is 0 Å². The first kappa shape index (κ1) is 8.19. The van der Waals surface area contributed by atoms with Crippen molar-refractivity contribution in [3.8, 4) is 0 Å². The molecule has 0 radical (unpaired) electrons. The molecule has 6 heteroatoms. The van der Waals surface area contributed by atoms with Gasteiger partial charge in [-0.1, -0.05) is 0 Å². The summed E-state index contributed by atoms with van der Waals surface area (Å²) in [5.41, 5.74) is -0.729. The Morgan fingerprint density at radius 1 is 1.36 bits per heavy atom. The van der Waals surface area contributed by atoms with Crippen molar-refractivity contribution in [2.75, 3.05) is 26.3 Å². The summed E-state index contributed by atoms with van der Waals surface area (Å²) in [6.07, 6.45) is 0. The Morgan fingerprint density at radius 2 is 2.07 bits per heavy atom. The number of urea groups is 1. The lowest BCUT2D eigenvalue weighted by Gasteiger charge is -2.37. The van der Waals surface area contributed by atoms with Gasteiger partial charge in [0.2, 0.25) is 0 Å². The Balaban J connectivity index is 1.85. The molecule has 0 saturated carbocycles. The SMILES string of the molecule is O=C1NC2(COC2)C(=O)N1C1CNC1. The Bertz CT molecular complexity index is 309. The highest BCUT2D eigenvalue weighted by Gasteiger charge is 2.58. The zero-order chi connectivity index (χ0) is 9.76. The minimum absolute atomic E-state index is 0.0301. The summed E-state index contributed by atoms with van der Waals surface area (Å²) in [5, 5.41) is 5.74. The molecule has 76 valence electrons. The van der Waals surface area contributed by atoms with Gasteiger partial charge in [-0.25, -0.2) is 4.79 Å². The number of imide groups is 1. The van der Waals surface area contributed by atoms with Crippen LogP contribution < -0.4 is 10.6 Å². The van der Waals surface area contributed by atoms with Crippen LogP contribution in [0.5, 0.6) is 0 Å². The number of rotatable bonds is 1. The van der Waals surface area contributed by atoms with E-state index in [4.69, 9.17) is 4.74 Å². The molecule has 3 heterocycles. The Morgan fingerprint density at radius 3 is 2.43 bits per heavy atom. The van der Waals surface area contributed by atoms with E-state index >= 15 is 0 Å². The van der Waals surface area contributed by atoms with Crippen LogP contribution in [0.4, 0.5) is 4.79 Å². The first-order valence-electron chi connectivity index (χ1n) is 4.67. The van der Waals surface area contributed by atoms with Crippen LogP contribution >= 0.6 is 0 Å². The van der Waals surface area contributed by atoms with E-state index in [1.54, 1.807) is 0 Å². The van der Waals surface area contributed by atoms with Crippen molar-refractivity contribution < 1.29 is 14.3 Å². The van der Waals surface area contributed by atoms with Crippen molar-refractivity contribution in [3.05, 3.63) is 0 Å². The fourth-order valence-corrected chi connectivity index (χ4v) is 1.93. The van der Waals surface area contributed by atoms with Crippen LogP contribution in [-0.4, -0.2) is 54.7 Å². The molecule has 3 saturated heterocycles. The number of hydrogen-bond acceptors (Lipinski definition) is 4. The van der Waals surface area contributed by atoms with Crippen LogP contribution in [0.15, 0.2) is 0 Å². The van der Waals surface area contributed by atoms with Crippen LogP contribution in [-0.2, 0) is 9.53 Å². The summed E-state index contributed by atoms with van der Waals surface area (Å²) in [6.45, 7) is 2.04. The van der Waals surface area contributed by atoms with Gasteiger partial charge >= 0.3 is 6.03 Å². The molecule has 0 aromatic carbocycles. The monoisotopic (exact) mass is 197 g/mol. The van der Waals surface area contributed by atoms with E-state index in [1.165, 1.54) is 4.90 Å². The fraction of sp³-hybridized carbons (Fsp3) is 0.750. The molecule has 3 aliphatic heterocycles. The number of ether oxygens (including phenoxy) is 1. The molecule has 3 aliphatic rings. The summed E-state index contributed by atoms with van der Waals surface area (Å²) in [7, 11) is 0. The van der Waals surface area contributed by atoms with Crippen LogP contribution in [0.25, 0.3) is 0 Å². The number of hydrogen-bond donors (Lipinski definition) is 2. The van der Waals surface area contributed by atoms with Gasteiger partial charge in [0.05, 0.1) is 19.3 Å². The molecule has 0 bridgehead atoms. The third kappa shape index (κ3) is 0.821. The molecule has 14 heavy (non-hydrogen) atoms. The molecule has 1 spiro atoms. The van der Waals surface area contributed by atoms with Crippen molar-refractivity contribution in [1.29, 1.82) is 0 Å². The lowest BCUT2D eigenvalue weighted by atomic mass is 9.97. The highest BCUT2D eigenvalue weighted by atomic mass is 16.5. The van der Waals surface area contributed by atoms with Gasteiger partial charge in [-0.3, -0.25) is 9.69 Å². The second-order valence-corrected chi connectivity index (χ2v) is 3.99. The second kappa shape index (κ2) is 2.46. The van der Waals surface area contributed by atoms with Gasteiger partial charge in [0.15, 0.2) is 5.54 Å². The summed E-state index contributed by atoms with van der Waals surface area (Å²) in [4.78, 5) is 24.8. The number of nitrogens with zero attached hydrogens (tertiary/aromatic N) is 1. The summed E-state index contributed by atoms with van der Waals surface area (Å²) in [5.74, 6) is -0.125. The van der Waals surface area contributed by atoms with Gasteiger partial charge in [0.1, 0.15) is 0 Å². The zero-order valence-corrected chi connectivity index (χ0v) is 7.58. The highest BCUT2D eigenvalue weighted by molar-refractivity contribution is 6.08. The van der Waals surface area contributed by atoms with E-state index in [-0.39, 0.29) is 18.0 Å². The number of nitrogens with one attached hydrogen (secondary N) is 2. The van der Waals surface area contributed by atoms with E-state index in [1.807, 2.05) is 0 Å². The molecule has 3 amide bonds. The standard InChI is InChI=1S/C8H11N3O3/c12-6-8(3-14-4-8)10-7(13)11(6)5-1-9-2-5/h5,9H,1-4H2,(H,10,13). The molecular formula is C8H11N3O3. The topological polar surface area (TPSA) is 70.7 Å². The smallest absolute Gasteiger partial charge is 0.325 e.